The van der Waals surface area contributed by atoms with Gasteiger partial charge in [0.2, 0.25) is 0 Å². The summed E-state index contributed by atoms with van der Waals surface area (Å²) >= 11 is 3.63. The van der Waals surface area contributed by atoms with E-state index >= 15 is 0 Å². The van der Waals surface area contributed by atoms with Crippen molar-refractivity contribution in [1.29, 1.82) is 0 Å². The molecule has 148 valence electrons. The number of nitrogens with one attached hydrogen (secondary N) is 3. The Morgan fingerprint density at radius 2 is 1.76 bits per heavy atom. The molecule has 0 bridgehead atoms. The van der Waals surface area contributed by atoms with Crippen LogP contribution >= 0.6 is 15.9 Å². The fraction of sp³-hybridized carbons (Fsp3) is 0.136. The Morgan fingerprint density at radius 1 is 0.966 bits per heavy atom. The summed E-state index contributed by atoms with van der Waals surface area (Å²) in [4.78, 5) is 16.9. The molecule has 0 fully saturated rings. The Balaban J connectivity index is 1.48. The Bertz CT molecular complexity index is 1190. The summed E-state index contributed by atoms with van der Waals surface area (Å²) in [6.07, 6.45) is 0. The van der Waals surface area contributed by atoms with Gasteiger partial charge in [-0.3, -0.25) is 0 Å². The van der Waals surface area contributed by atoms with Gasteiger partial charge in [-0.15, -0.1) is 0 Å². The molecule has 0 aliphatic rings. The predicted molar refractivity (Wildman–Crippen MR) is 118 cm³/mol. The first-order chi connectivity index (χ1) is 14.1. The average Bonchev–Trinajstić information content (AvgIpc) is 3.11. The lowest BCUT2D eigenvalue weighted by molar-refractivity contribution is 0.284. The van der Waals surface area contributed by atoms with Crippen LogP contribution in [0.25, 0.3) is 11.0 Å². The molecule has 0 saturated heterocycles. The van der Waals surface area contributed by atoms with Gasteiger partial charge in [0.05, 0.1) is 18.1 Å². The van der Waals surface area contributed by atoms with E-state index in [2.05, 4.69) is 31.2 Å². The molecule has 0 radical (unpaired) electrons. The number of fused-ring (bicyclic) bond motifs is 1. The van der Waals surface area contributed by atoms with Gasteiger partial charge < -0.3 is 24.8 Å². The van der Waals surface area contributed by atoms with E-state index in [1.54, 1.807) is 7.11 Å². The molecule has 4 aromatic rings. The number of benzene rings is 3. The minimum absolute atomic E-state index is 0.212. The lowest BCUT2D eigenvalue weighted by Gasteiger charge is -2.15. The highest BCUT2D eigenvalue weighted by Gasteiger charge is 2.11. The maximum Gasteiger partial charge on any atom is 0.323 e. The minimum atomic E-state index is -0.212. The molecule has 3 N–H and O–H groups in total. The number of rotatable bonds is 7. The molecule has 3 aromatic carbocycles. The van der Waals surface area contributed by atoms with E-state index < -0.39 is 0 Å². The van der Waals surface area contributed by atoms with Gasteiger partial charge in [0, 0.05) is 16.7 Å². The summed E-state index contributed by atoms with van der Waals surface area (Å²) in [5.74, 6) is 1.35. The second kappa shape index (κ2) is 8.45. The molecule has 6 nitrogen and oxygen atoms in total. The molecular weight excluding hydrogens is 434 g/mol. The number of H-pyrrole nitrogens is 2. The normalized spacial score (nSPS) is 10.8. The van der Waals surface area contributed by atoms with Crippen molar-refractivity contribution in [1.82, 2.24) is 9.97 Å². The molecule has 0 spiro atoms. The smallest absolute Gasteiger partial charge is 0.323 e. The lowest BCUT2D eigenvalue weighted by Crippen LogP contribution is -2.03. The van der Waals surface area contributed by atoms with Crippen LogP contribution in [0.4, 0.5) is 5.69 Å². The maximum absolute atomic E-state index is 11.4. The van der Waals surface area contributed by atoms with Gasteiger partial charge in [-0.2, -0.15) is 0 Å². The maximum atomic E-state index is 11.4. The molecule has 0 atom stereocenters. The highest BCUT2D eigenvalue weighted by molar-refractivity contribution is 9.10. The fourth-order valence-electron chi connectivity index (χ4n) is 3.06. The summed E-state index contributed by atoms with van der Waals surface area (Å²) < 4.78 is 12.4. The number of ether oxygens (including phenoxy) is 2. The first-order valence-electron chi connectivity index (χ1n) is 9.11. The first-order valence-corrected chi connectivity index (χ1v) is 9.91. The summed E-state index contributed by atoms with van der Waals surface area (Å²) in [5.41, 5.74) is 4.36. The largest absolute Gasteiger partial charge is 0.493 e. The molecule has 0 aliphatic carbocycles. The zero-order valence-corrected chi connectivity index (χ0v) is 17.4. The highest BCUT2D eigenvalue weighted by atomic mass is 79.9. The van der Waals surface area contributed by atoms with Crippen molar-refractivity contribution in [2.24, 2.45) is 0 Å². The third-order valence-electron chi connectivity index (χ3n) is 4.57. The van der Waals surface area contributed by atoms with Crippen LogP contribution < -0.4 is 20.5 Å². The number of aromatic amines is 2. The van der Waals surface area contributed by atoms with Gasteiger partial charge in [0.25, 0.3) is 0 Å². The molecular formula is C22H20BrN3O3. The zero-order chi connectivity index (χ0) is 20.2. The van der Waals surface area contributed by atoms with Gasteiger partial charge >= 0.3 is 5.69 Å². The van der Waals surface area contributed by atoms with Crippen molar-refractivity contribution in [2.75, 3.05) is 12.4 Å². The van der Waals surface area contributed by atoms with E-state index in [4.69, 9.17) is 9.47 Å². The van der Waals surface area contributed by atoms with E-state index in [9.17, 15) is 4.79 Å². The van der Waals surface area contributed by atoms with Crippen LogP contribution in [0, 0.1) is 0 Å². The van der Waals surface area contributed by atoms with E-state index in [0.29, 0.717) is 24.7 Å². The van der Waals surface area contributed by atoms with Crippen LogP contribution in [0.15, 0.2) is 69.9 Å². The second-order valence-electron chi connectivity index (χ2n) is 6.56. The quantitative estimate of drug-likeness (QED) is 0.374. The summed E-state index contributed by atoms with van der Waals surface area (Å²) in [6, 6.07) is 19.6. The van der Waals surface area contributed by atoms with Gasteiger partial charge in [0.15, 0.2) is 11.5 Å². The average molecular weight is 454 g/mol. The van der Waals surface area contributed by atoms with E-state index in [0.717, 1.165) is 32.3 Å². The van der Waals surface area contributed by atoms with E-state index in [1.165, 1.54) is 0 Å². The van der Waals surface area contributed by atoms with Crippen molar-refractivity contribution in [2.45, 2.75) is 13.2 Å². The van der Waals surface area contributed by atoms with Crippen LogP contribution in [0.2, 0.25) is 0 Å². The van der Waals surface area contributed by atoms with Crippen LogP contribution in [-0.4, -0.2) is 17.1 Å². The van der Waals surface area contributed by atoms with Crippen molar-refractivity contribution in [3.05, 3.63) is 86.7 Å². The number of halogens is 1. The Labute approximate surface area is 176 Å². The fourth-order valence-corrected chi connectivity index (χ4v) is 3.52. The van der Waals surface area contributed by atoms with Crippen LogP contribution in [0.5, 0.6) is 11.5 Å². The highest BCUT2D eigenvalue weighted by Crippen LogP contribution is 2.34. The molecule has 4 rings (SSSR count). The van der Waals surface area contributed by atoms with Gasteiger partial charge in [-0.1, -0.05) is 46.3 Å². The molecule has 0 aliphatic heterocycles. The monoisotopic (exact) mass is 453 g/mol. The van der Waals surface area contributed by atoms with Crippen LogP contribution in [-0.2, 0) is 13.2 Å². The Hall–Kier alpha value is -3.19. The molecule has 29 heavy (non-hydrogen) atoms. The third kappa shape index (κ3) is 4.46. The number of aromatic nitrogens is 2. The molecule has 1 aromatic heterocycles. The van der Waals surface area contributed by atoms with Crippen molar-refractivity contribution in [3.8, 4) is 11.5 Å². The summed E-state index contributed by atoms with van der Waals surface area (Å²) in [5, 5.41) is 3.37. The van der Waals surface area contributed by atoms with Crippen molar-refractivity contribution in [3.63, 3.8) is 0 Å². The molecule has 0 unspecified atom stereocenters. The van der Waals surface area contributed by atoms with E-state index in [-0.39, 0.29) is 5.69 Å². The topological polar surface area (TPSA) is 79.1 Å². The van der Waals surface area contributed by atoms with Crippen LogP contribution in [0.3, 0.4) is 0 Å². The van der Waals surface area contributed by atoms with Gasteiger partial charge in [-0.05, 0) is 41.5 Å². The predicted octanol–water partition coefficient (Wildman–Crippen LogP) is 4.82. The standard InChI is InChI=1S/C22H20BrN3O3/c1-28-20-9-15(12-24-16-7-8-18-19(10-16)26-22(27)25-18)17(23)11-21(20)29-13-14-5-3-2-4-6-14/h2-11,24H,12-13H2,1H3,(H2,25,26,27). The van der Waals surface area contributed by atoms with Gasteiger partial charge in [-0.25, -0.2) is 4.79 Å². The van der Waals surface area contributed by atoms with Crippen molar-refractivity contribution >= 4 is 32.7 Å². The number of methoxy groups -OCH3 is 1. The summed E-state index contributed by atoms with van der Waals surface area (Å²) in [6.45, 7) is 1.05. The van der Waals surface area contributed by atoms with Crippen molar-refractivity contribution < 1.29 is 9.47 Å². The second-order valence-corrected chi connectivity index (χ2v) is 7.42. The Morgan fingerprint density at radius 3 is 2.55 bits per heavy atom. The lowest BCUT2D eigenvalue weighted by atomic mass is 10.2. The molecule has 1 heterocycles. The number of anilines is 1. The number of hydrogen-bond acceptors (Lipinski definition) is 4. The SMILES string of the molecule is COc1cc(CNc2ccc3[nH]c(=O)[nH]c3c2)c(Br)cc1OCc1ccccc1. The minimum Gasteiger partial charge on any atom is -0.493 e. The molecule has 0 amide bonds. The number of hydrogen-bond donors (Lipinski definition) is 3. The van der Waals surface area contributed by atoms with Crippen LogP contribution in [0.1, 0.15) is 11.1 Å². The van der Waals surface area contributed by atoms with Gasteiger partial charge in [0.1, 0.15) is 6.61 Å². The molecule has 7 heteroatoms. The zero-order valence-electron chi connectivity index (χ0n) is 15.8. The number of imidazole rings is 1. The molecule has 0 saturated carbocycles. The van der Waals surface area contributed by atoms with E-state index in [1.807, 2.05) is 60.7 Å². The first kappa shape index (κ1) is 19.1. The summed E-state index contributed by atoms with van der Waals surface area (Å²) in [7, 11) is 1.63. The Kier molecular flexibility index (Phi) is 5.57. The third-order valence-corrected chi connectivity index (χ3v) is 5.31.